The first kappa shape index (κ1) is 14.7. The van der Waals surface area contributed by atoms with Gasteiger partial charge in [0.15, 0.2) is 0 Å². The molecule has 1 fully saturated rings. The molecule has 1 aromatic carbocycles. The van der Waals surface area contributed by atoms with Crippen LogP contribution in [0.5, 0.6) is 0 Å². The van der Waals surface area contributed by atoms with E-state index < -0.39 is 0 Å². The number of hydrogen-bond donors (Lipinski definition) is 1. The largest absolute Gasteiger partial charge is 0.373 e. The molecule has 1 aromatic rings. The Morgan fingerprint density at radius 3 is 2.68 bits per heavy atom. The van der Waals surface area contributed by atoms with E-state index in [9.17, 15) is 0 Å². The SMILES string of the molecule is CCNC(C)c1ccc(N(C)CC2CC2C)c(Cl)c1. The minimum absolute atomic E-state index is 0.352. The van der Waals surface area contributed by atoms with Gasteiger partial charge >= 0.3 is 0 Å². The summed E-state index contributed by atoms with van der Waals surface area (Å²) in [6, 6.07) is 6.78. The molecule has 0 radical (unpaired) electrons. The number of rotatable bonds is 6. The quantitative estimate of drug-likeness (QED) is 0.844. The van der Waals surface area contributed by atoms with Crippen LogP contribution in [0.25, 0.3) is 0 Å². The van der Waals surface area contributed by atoms with Gasteiger partial charge in [-0.3, -0.25) is 0 Å². The van der Waals surface area contributed by atoms with Gasteiger partial charge < -0.3 is 10.2 Å². The minimum atomic E-state index is 0.352. The van der Waals surface area contributed by atoms with E-state index in [-0.39, 0.29) is 0 Å². The summed E-state index contributed by atoms with van der Waals surface area (Å²) in [5, 5.41) is 4.27. The highest BCUT2D eigenvalue weighted by molar-refractivity contribution is 6.33. The Kier molecular flexibility index (Phi) is 4.75. The molecule has 2 rings (SSSR count). The summed E-state index contributed by atoms with van der Waals surface area (Å²) in [6.45, 7) is 8.70. The lowest BCUT2D eigenvalue weighted by atomic mass is 10.1. The van der Waals surface area contributed by atoms with E-state index in [1.165, 1.54) is 12.0 Å². The molecule has 1 aliphatic carbocycles. The zero-order chi connectivity index (χ0) is 14.0. The highest BCUT2D eigenvalue weighted by atomic mass is 35.5. The van der Waals surface area contributed by atoms with Crippen molar-refractivity contribution in [3.63, 3.8) is 0 Å². The van der Waals surface area contributed by atoms with Gasteiger partial charge in [0, 0.05) is 19.6 Å². The van der Waals surface area contributed by atoms with E-state index in [0.29, 0.717) is 6.04 Å². The first-order valence-corrected chi connectivity index (χ1v) is 7.64. The second-order valence-electron chi connectivity index (χ2n) is 5.84. The molecule has 3 atom stereocenters. The van der Waals surface area contributed by atoms with Gasteiger partial charge in [0.05, 0.1) is 10.7 Å². The molecule has 106 valence electrons. The number of halogens is 1. The lowest BCUT2D eigenvalue weighted by Crippen LogP contribution is -2.21. The lowest BCUT2D eigenvalue weighted by Gasteiger charge is -2.22. The van der Waals surface area contributed by atoms with Crippen molar-refractivity contribution in [1.82, 2.24) is 5.32 Å². The number of anilines is 1. The summed E-state index contributed by atoms with van der Waals surface area (Å²) < 4.78 is 0. The molecule has 0 saturated heterocycles. The average molecular weight is 281 g/mol. The van der Waals surface area contributed by atoms with Crippen molar-refractivity contribution in [1.29, 1.82) is 0 Å². The summed E-state index contributed by atoms with van der Waals surface area (Å²) in [4.78, 5) is 2.29. The van der Waals surface area contributed by atoms with E-state index in [1.807, 2.05) is 0 Å². The van der Waals surface area contributed by atoms with Gasteiger partial charge in [0.2, 0.25) is 0 Å². The Hall–Kier alpha value is -0.730. The summed E-state index contributed by atoms with van der Waals surface area (Å²) in [5.41, 5.74) is 2.40. The summed E-state index contributed by atoms with van der Waals surface area (Å²) >= 11 is 6.44. The number of hydrogen-bond acceptors (Lipinski definition) is 2. The molecule has 1 N–H and O–H groups in total. The van der Waals surface area contributed by atoms with E-state index >= 15 is 0 Å². The van der Waals surface area contributed by atoms with Crippen molar-refractivity contribution in [3.05, 3.63) is 28.8 Å². The smallest absolute Gasteiger partial charge is 0.0642 e. The van der Waals surface area contributed by atoms with Gasteiger partial charge in [-0.15, -0.1) is 0 Å². The maximum Gasteiger partial charge on any atom is 0.0642 e. The van der Waals surface area contributed by atoms with Crippen molar-refractivity contribution in [3.8, 4) is 0 Å². The molecular weight excluding hydrogens is 256 g/mol. The van der Waals surface area contributed by atoms with E-state index in [1.54, 1.807) is 0 Å². The second kappa shape index (κ2) is 6.15. The van der Waals surface area contributed by atoms with Gasteiger partial charge in [-0.2, -0.15) is 0 Å². The van der Waals surface area contributed by atoms with Crippen LogP contribution in [-0.2, 0) is 0 Å². The number of nitrogens with one attached hydrogen (secondary N) is 1. The average Bonchev–Trinajstić information content (AvgIpc) is 3.04. The van der Waals surface area contributed by atoms with Gasteiger partial charge in [0.25, 0.3) is 0 Å². The van der Waals surface area contributed by atoms with Crippen LogP contribution < -0.4 is 10.2 Å². The highest BCUT2D eigenvalue weighted by Crippen LogP contribution is 2.39. The fourth-order valence-electron chi connectivity index (χ4n) is 2.63. The second-order valence-corrected chi connectivity index (χ2v) is 6.25. The van der Waals surface area contributed by atoms with E-state index in [0.717, 1.165) is 35.6 Å². The van der Waals surface area contributed by atoms with Crippen LogP contribution in [-0.4, -0.2) is 20.1 Å². The predicted molar refractivity (Wildman–Crippen MR) is 84.1 cm³/mol. The fraction of sp³-hybridized carbons (Fsp3) is 0.625. The molecule has 3 heteroatoms. The molecule has 1 aliphatic rings. The molecule has 0 aliphatic heterocycles. The van der Waals surface area contributed by atoms with Crippen molar-refractivity contribution in [2.45, 2.75) is 33.2 Å². The monoisotopic (exact) mass is 280 g/mol. The van der Waals surface area contributed by atoms with Crippen LogP contribution >= 0.6 is 11.6 Å². The number of benzene rings is 1. The molecule has 19 heavy (non-hydrogen) atoms. The van der Waals surface area contributed by atoms with Crippen LogP contribution in [0.2, 0.25) is 5.02 Å². The van der Waals surface area contributed by atoms with Crippen molar-refractivity contribution >= 4 is 17.3 Å². The highest BCUT2D eigenvalue weighted by Gasteiger charge is 2.33. The van der Waals surface area contributed by atoms with Crippen molar-refractivity contribution in [2.24, 2.45) is 11.8 Å². The number of nitrogens with zero attached hydrogens (tertiary/aromatic N) is 1. The summed E-state index contributed by atoms with van der Waals surface area (Å²) in [7, 11) is 2.14. The van der Waals surface area contributed by atoms with Gasteiger partial charge in [0.1, 0.15) is 0 Å². The first-order valence-electron chi connectivity index (χ1n) is 7.26. The Labute approximate surface area is 122 Å². The Bertz CT molecular complexity index is 433. The van der Waals surface area contributed by atoms with Crippen molar-refractivity contribution < 1.29 is 0 Å². The molecule has 3 unspecified atom stereocenters. The van der Waals surface area contributed by atoms with Crippen LogP contribution in [0.1, 0.15) is 38.8 Å². The lowest BCUT2D eigenvalue weighted by molar-refractivity contribution is 0.598. The van der Waals surface area contributed by atoms with Gasteiger partial charge in [-0.05, 0) is 49.4 Å². The van der Waals surface area contributed by atoms with E-state index in [4.69, 9.17) is 11.6 Å². The molecule has 2 nitrogen and oxygen atoms in total. The van der Waals surface area contributed by atoms with Crippen LogP contribution in [0, 0.1) is 11.8 Å². The normalized spacial score (nSPS) is 23.2. The third kappa shape index (κ3) is 3.64. The predicted octanol–water partition coefficient (Wildman–Crippen LogP) is 4.10. The third-order valence-corrected chi connectivity index (χ3v) is 4.48. The molecule has 0 spiro atoms. The van der Waals surface area contributed by atoms with Gasteiger partial charge in [-0.1, -0.05) is 31.5 Å². The molecule has 0 heterocycles. The maximum absolute atomic E-state index is 6.44. The molecule has 0 aromatic heterocycles. The summed E-state index contributed by atoms with van der Waals surface area (Å²) in [5.74, 6) is 1.73. The topological polar surface area (TPSA) is 15.3 Å². The minimum Gasteiger partial charge on any atom is -0.373 e. The molecule has 0 amide bonds. The van der Waals surface area contributed by atoms with Crippen molar-refractivity contribution in [2.75, 3.05) is 25.0 Å². The fourth-order valence-corrected chi connectivity index (χ4v) is 2.96. The molecule has 1 saturated carbocycles. The Morgan fingerprint density at radius 1 is 1.47 bits per heavy atom. The van der Waals surface area contributed by atoms with Gasteiger partial charge in [-0.25, -0.2) is 0 Å². The van der Waals surface area contributed by atoms with Crippen LogP contribution in [0.4, 0.5) is 5.69 Å². The third-order valence-electron chi connectivity index (χ3n) is 4.18. The Morgan fingerprint density at radius 2 is 2.16 bits per heavy atom. The standard InChI is InChI=1S/C16H25ClN2/c1-5-18-12(3)13-6-7-16(15(17)9-13)19(4)10-14-8-11(14)2/h6-7,9,11-12,14,18H,5,8,10H2,1-4H3. The Balaban J connectivity index is 2.05. The first-order chi connectivity index (χ1) is 9.02. The van der Waals surface area contributed by atoms with E-state index in [2.05, 4.69) is 56.2 Å². The summed E-state index contributed by atoms with van der Waals surface area (Å²) in [6.07, 6.45) is 1.36. The zero-order valence-electron chi connectivity index (χ0n) is 12.4. The molecule has 0 bridgehead atoms. The maximum atomic E-state index is 6.44. The molecular formula is C16H25ClN2. The van der Waals surface area contributed by atoms with Crippen LogP contribution in [0.3, 0.4) is 0 Å². The van der Waals surface area contributed by atoms with Crippen LogP contribution in [0.15, 0.2) is 18.2 Å². The zero-order valence-corrected chi connectivity index (χ0v) is 13.2.